The summed E-state index contributed by atoms with van der Waals surface area (Å²) in [5.74, 6) is -0.393. The predicted molar refractivity (Wildman–Crippen MR) is 122 cm³/mol. The topological polar surface area (TPSA) is 46.5 Å². The molecular weight excluding hydrogens is 360 g/mol. The fourth-order valence-electron chi connectivity index (χ4n) is 3.14. The van der Waals surface area contributed by atoms with Gasteiger partial charge in [0.25, 0.3) is 0 Å². The second-order valence-corrected chi connectivity index (χ2v) is 7.71. The molecule has 0 aliphatic heterocycles. The lowest BCUT2D eigenvalue weighted by atomic mass is 9.99. The molecule has 3 heteroatoms. The average Bonchev–Trinajstić information content (AvgIpc) is 2.71. The minimum absolute atomic E-state index is 0.0205. The Hall–Kier alpha value is -2.03. The lowest BCUT2D eigenvalue weighted by molar-refractivity contribution is 0.0330. The summed E-state index contributed by atoms with van der Waals surface area (Å²) in [6, 6.07) is 5.28. The van der Waals surface area contributed by atoms with Gasteiger partial charge in [0.15, 0.2) is 0 Å². The van der Waals surface area contributed by atoms with Gasteiger partial charge in [0.2, 0.25) is 0 Å². The van der Waals surface area contributed by atoms with E-state index in [9.17, 15) is 9.90 Å². The van der Waals surface area contributed by atoms with E-state index in [-0.39, 0.29) is 11.9 Å². The number of carbonyl (C=O) groups is 1. The number of hydrogen-bond acceptors (Lipinski definition) is 3. The van der Waals surface area contributed by atoms with Gasteiger partial charge in [0.1, 0.15) is 11.3 Å². The molecule has 0 aliphatic carbocycles. The SMILES string of the molecule is CCC/C=C/C/C=C/CCCCCCCc1cccc(O)c1C(=O)OC(C)CC. The largest absolute Gasteiger partial charge is 0.507 e. The fraction of sp³-hybridized carbons (Fsp3) is 0.577. The monoisotopic (exact) mass is 400 g/mol. The number of hydrogen-bond donors (Lipinski definition) is 1. The van der Waals surface area contributed by atoms with Gasteiger partial charge in [-0.25, -0.2) is 4.79 Å². The van der Waals surface area contributed by atoms with Crippen LogP contribution in [0.25, 0.3) is 0 Å². The molecule has 1 unspecified atom stereocenters. The molecule has 0 bridgehead atoms. The normalized spacial score (nSPS) is 12.7. The Bertz CT molecular complexity index is 631. The van der Waals surface area contributed by atoms with Crippen LogP contribution in [0.1, 0.15) is 101 Å². The van der Waals surface area contributed by atoms with E-state index >= 15 is 0 Å². The van der Waals surface area contributed by atoms with Crippen molar-refractivity contribution in [2.75, 3.05) is 0 Å². The second kappa shape index (κ2) is 15.8. The zero-order valence-electron chi connectivity index (χ0n) is 18.7. The number of aromatic hydroxyl groups is 1. The summed E-state index contributed by atoms with van der Waals surface area (Å²) >= 11 is 0. The van der Waals surface area contributed by atoms with Crippen molar-refractivity contribution in [3.63, 3.8) is 0 Å². The molecule has 29 heavy (non-hydrogen) atoms. The first-order valence-electron chi connectivity index (χ1n) is 11.4. The van der Waals surface area contributed by atoms with Gasteiger partial charge in [-0.1, -0.05) is 76.0 Å². The number of esters is 1. The van der Waals surface area contributed by atoms with E-state index in [1.165, 1.54) is 32.1 Å². The highest BCUT2D eigenvalue weighted by molar-refractivity contribution is 5.94. The maximum absolute atomic E-state index is 12.4. The Morgan fingerprint density at radius 2 is 1.69 bits per heavy atom. The van der Waals surface area contributed by atoms with E-state index in [1.807, 2.05) is 19.9 Å². The zero-order valence-corrected chi connectivity index (χ0v) is 18.7. The third-order valence-electron chi connectivity index (χ3n) is 5.09. The molecule has 0 aromatic heterocycles. The van der Waals surface area contributed by atoms with Crippen LogP contribution in [0.5, 0.6) is 5.75 Å². The summed E-state index contributed by atoms with van der Waals surface area (Å²) in [7, 11) is 0. The Balaban J connectivity index is 2.27. The average molecular weight is 401 g/mol. The number of allylic oxidation sites excluding steroid dienone is 4. The van der Waals surface area contributed by atoms with Crippen LogP contribution in [0.2, 0.25) is 0 Å². The highest BCUT2D eigenvalue weighted by Gasteiger charge is 2.19. The molecule has 1 aromatic carbocycles. The van der Waals surface area contributed by atoms with Crippen LogP contribution >= 0.6 is 0 Å². The van der Waals surface area contributed by atoms with Gasteiger partial charge >= 0.3 is 5.97 Å². The van der Waals surface area contributed by atoms with E-state index in [0.29, 0.717) is 5.56 Å². The molecule has 0 saturated heterocycles. The maximum atomic E-state index is 12.4. The summed E-state index contributed by atoms with van der Waals surface area (Å²) in [6.45, 7) is 6.05. The first kappa shape index (κ1) is 25.0. The van der Waals surface area contributed by atoms with E-state index in [0.717, 1.165) is 44.1 Å². The van der Waals surface area contributed by atoms with E-state index < -0.39 is 5.97 Å². The van der Waals surface area contributed by atoms with Gasteiger partial charge < -0.3 is 9.84 Å². The molecular formula is C26H40O3. The van der Waals surface area contributed by atoms with Gasteiger partial charge in [0.05, 0.1) is 6.10 Å². The van der Waals surface area contributed by atoms with E-state index in [2.05, 4.69) is 31.2 Å². The smallest absolute Gasteiger partial charge is 0.342 e. The molecule has 0 spiro atoms. The third-order valence-corrected chi connectivity index (χ3v) is 5.09. The van der Waals surface area contributed by atoms with Crippen LogP contribution in [-0.2, 0) is 11.2 Å². The molecule has 0 amide bonds. The van der Waals surface area contributed by atoms with Gasteiger partial charge in [0, 0.05) is 0 Å². The quantitative estimate of drug-likeness (QED) is 0.188. The lowest BCUT2D eigenvalue weighted by Crippen LogP contribution is -2.15. The summed E-state index contributed by atoms with van der Waals surface area (Å²) in [4.78, 5) is 12.4. The van der Waals surface area contributed by atoms with Crippen LogP contribution in [0.3, 0.4) is 0 Å². The van der Waals surface area contributed by atoms with Crippen molar-refractivity contribution >= 4 is 5.97 Å². The van der Waals surface area contributed by atoms with Gasteiger partial charge in [-0.05, 0) is 63.5 Å². The minimum atomic E-state index is -0.413. The summed E-state index contributed by atoms with van der Waals surface area (Å²) in [6.07, 6.45) is 20.9. The standard InChI is InChI=1S/C26H40O3/c1-4-6-7-8-9-10-11-12-13-14-15-16-17-19-23-20-18-21-24(27)25(23)26(28)29-22(3)5-2/h7-8,10-11,18,20-22,27H,4-6,9,12-17,19H2,1-3H3/b8-7+,11-10+. The van der Waals surface area contributed by atoms with Crippen LogP contribution < -0.4 is 0 Å². The molecule has 3 nitrogen and oxygen atoms in total. The molecule has 0 radical (unpaired) electrons. The second-order valence-electron chi connectivity index (χ2n) is 7.71. The molecule has 0 fully saturated rings. The van der Waals surface area contributed by atoms with Crippen LogP contribution in [0.15, 0.2) is 42.5 Å². The number of rotatable bonds is 15. The van der Waals surface area contributed by atoms with Crippen molar-refractivity contribution in [2.24, 2.45) is 0 Å². The fourth-order valence-corrected chi connectivity index (χ4v) is 3.14. The maximum Gasteiger partial charge on any atom is 0.342 e. The van der Waals surface area contributed by atoms with E-state index in [1.54, 1.807) is 12.1 Å². The summed E-state index contributed by atoms with van der Waals surface area (Å²) < 4.78 is 5.42. The zero-order chi connectivity index (χ0) is 21.3. The lowest BCUT2D eigenvalue weighted by Gasteiger charge is -2.14. The Kier molecular flexibility index (Phi) is 13.7. The number of aryl methyl sites for hydroxylation is 1. The van der Waals surface area contributed by atoms with Crippen molar-refractivity contribution in [2.45, 2.75) is 97.5 Å². The van der Waals surface area contributed by atoms with Crippen molar-refractivity contribution in [3.05, 3.63) is 53.6 Å². The highest BCUT2D eigenvalue weighted by Crippen LogP contribution is 2.24. The van der Waals surface area contributed by atoms with E-state index in [4.69, 9.17) is 4.74 Å². The van der Waals surface area contributed by atoms with Crippen molar-refractivity contribution in [1.82, 2.24) is 0 Å². The Labute approximate surface area is 177 Å². The van der Waals surface area contributed by atoms with Crippen molar-refractivity contribution < 1.29 is 14.6 Å². The van der Waals surface area contributed by atoms with Crippen LogP contribution in [0.4, 0.5) is 0 Å². The molecule has 1 N–H and O–H groups in total. The highest BCUT2D eigenvalue weighted by atomic mass is 16.5. The summed E-state index contributed by atoms with van der Waals surface area (Å²) in [5, 5.41) is 10.1. The number of phenols is 1. The molecule has 1 atom stereocenters. The Morgan fingerprint density at radius 1 is 1.00 bits per heavy atom. The molecule has 0 saturated carbocycles. The number of unbranched alkanes of at least 4 members (excludes halogenated alkanes) is 6. The molecule has 162 valence electrons. The predicted octanol–water partition coefficient (Wildman–Crippen LogP) is 7.53. The Morgan fingerprint density at radius 3 is 2.41 bits per heavy atom. The number of carbonyl (C=O) groups excluding carboxylic acids is 1. The van der Waals surface area contributed by atoms with Gasteiger partial charge in [-0.2, -0.15) is 0 Å². The molecule has 0 aliphatic rings. The van der Waals surface area contributed by atoms with Crippen LogP contribution in [0, 0.1) is 0 Å². The molecule has 0 heterocycles. The van der Waals surface area contributed by atoms with Gasteiger partial charge in [-0.15, -0.1) is 0 Å². The van der Waals surface area contributed by atoms with Gasteiger partial charge in [-0.3, -0.25) is 0 Å². The molecule has 1 aromatic rings. The number of benzene rings is 1. The first-order valence-corrected chi connectivity index (χ1v) is 11.4. The van der Waals surface area contributed by atoms with Crippen LogP contribution in [-0.4, -0.2) is 17.2 Å². The van der Waals surface area contributed by atoms with Crippen molar-refractivity contribution in [3.8, 4) is 5.75 Å². The first-order chi connectivity index (χ1) is 14.1. The number of ether oxygens (including phenoxy) is 1. The number of phenolic OH excluding ortho intramolecular Hbond substituents is 1. The summed E-state index contributed by atoms with van der Waals surface area (Å²) in [5.41, 5.74) is 1.23. The van der Waals surface area contributed by atoms with Crippen molar-refractivity contribution in [1.29, 1.82) is 0 Å². The third kappa shape index (κ3) is 10.9. The molecule has 1 rings (SSSR count). The minimum Gasteiger partial charge on any atom is -0.507 e.